The van der Waals surface area contributed by atoms with Crippen LogP contribution in [0.25, 0.3) is 55.3 Å². The molecule has 6 rings (SSSR count). The molecular weight excluding hydrogens is 456 g/mol. The summed E-state index contributed by atoms with van der Waals surface area (Å²) >= 11 is 3.69. The van der Waals surface area contributed by atoms with Crippen LogP contribution in [0.4, 0.5) is 0 Å². The third-order valence-corrected chi connectivity index (χ3v) is 6.60. The van der Waals surface area contributed by atoms with Crippen LogP contribution in [0.5, 0.6) is 0 Å². The lowest BCUT2D eigenvalue weighted by Gasteiger charge is -2.09. The second-order valence-corrected chi connectivity index (χ2v) is 8.81. The first kappa shape index (κ1) is 19.1. The van der Waals surface area contributed by atoms with E-state index in [-0.39, 0.29) is 0 Å². The van der Waals surface area contributed by atoms with E-state index in [0.717, 1.165) is 26.4 Å². The number of furan rings is 1. The standard InChI is InChI=1S/C30H19BrO/c31-27-13-6-14-29-30(27)26-19-25(15-16-28(26)32-29)24-12-5-11-23(18-24)22-10-4-9-21(17-22)20-7-2-1-3-8-20/h1-19H. The van der Waals surface area contributed by atoms with Gasteiger partial charge < -0.3 is 4.42 Å². The molecule has 2 heteroatoms. The molecule has 0 saturated carbocycles. The third-order valence-electron chi connectivity index (χ3n) is 5.94. The molecule has 0 atom stereocenters. The van der Waals surface area contributed by atoms with Crippen molar-refractivity contribution >= 4 is 37.9 Å². The van der Waals surface area contributed by atoms with E-state index >= 15 is 0 Å². The van der Waals surface area contributed by atoms with E-state index in [1.54, 1.807) is 0 Å². The minimum atomic E-state index is 0.901. The largest absolute Gasteiger partial charge is 0.456 e. The van der Waals surface area contributed by atoms with Crippen LogP contribution in [0.15, 0.2) is 124 Å². The van der Waals surface area contributed by atoms with Crippen molar-refractivity contribution in [2.24, 2.45) is 0 Å². The van der Waals surface area contributed by atoms with Gasteiger partial charge in [-0.1, -0.05) is 94.8 Å². The molecule has 0 aliphatic rings. The van der Waals surface area contributed by atoms with Gasteiger partial charge in [0.2, 0.25) is 0 Å². The molecule has 152 valence electrons. The minimum absolute atomic E-state index is 0.901. The highest BCUT2D eigenvalue weighted by molar-refractivity contribution is 9.10. The molecule has 0 N–H and O–H groups in total. The van der Waals surface area contributed by atoms with E-state index in [9.17, 15) is 0 Å². The average molecular weight is 475 g/mol. The van der Waals surface area contributed by atoms with Gasteiger partial charge in [0.15, 0.2) is 0 Å². The number of rotatable bonds is 3. The second kappa shape index (κ2) is 7.81. The van der Waals surface area contributed by atoms with Gasteiger partial charge in [-0.25, -0.2) is 0 Å². The van der Waals surface area contributed by atoms with Crippen LogP contribution in [0.1, 0.15) is 0 Å². The van der Waals surface area contributed by atoms with Crippen molar-refractivity contribution in [3.8, 4) is 33.4 Å². The molecule has 1 nitrogen and oxygen atoms in total. The van der Waals surface area contributed by atoms with E-state index in [2.05, 4.69) is 119 Å². The molecule has 5 aromatic carbocycles. The van der Waals surface area contributed by atoms with Crippen LogP contribution in [-0.4, -0.2) is 0 Å². The first-order valence-electron chi connectivity index (χ1n) is 10.6. The normalized spacial score (nSPS) is 11.3. The van der Waals surface area contributed by atoms with Gasteiger partial charge >= 0.3 is 0 Å². The molecule has 0 amide bonds. The Balaban J connectivity index is 1.44. The van der Waals surface area contributed by atoms with Gasteiger partial charge in [-0.3, -0.25) is 0 Å². The fourth-order valence-corrected chi connectivity index (χ4v) is 4.91. The summed E-state index contributed by atoms with van der Waals surface area (Å²) in [6.45, 7) is 0. The molecule has 0 aliphatic heterocycles. The van der Waals surface area contributed by atoms with Gasteiger partial charge in [0.25, 0.3) is 0 Å². The predicted molar refractivity (Wildman–Crippen MR) is 138 cm³/mol. The maximum absolute atomic E-state index is 6.04. The summed E-state index contributed by atoms with van der Waals surface area (Å²) in [6, 6.07) is 40.5. The molecule has 1 aromatic heterocycles. The van der Waals surface area contributed by atoms with Crippen LogP contribution >= 0.6 is 15.9 Å². The van der Waals surface area contributed by atoms with Crippen LogP contribution in [0.3, 0.4) is 0 Å². The van der Waals surface area contributed by atoms with E-state index in [4.69, 9.17) is 4.42 Å². The summed E-state index contributed by atoms with van der Waals surface area (Å²) in [4.78, 5) is 0. The molecule has 0 fully saturated rings. The number of benzene rings is 5. The van der Waals surface area contributed by atoms with Gasteiger partial charge in [-0.15, -0.1) is 0 Å². The number of hydrogen-bond donors (Lipinski definition) is 0. The molecule has 0 aliphatic carbocycles. The summed E-state index contributed by atoms with van der Waals surface area (Å²) in [5.74, 6) is 0. The highest BCUT2D eigenvalue weighted by Crippen LogP contribution is 2.37. The zero-order chi connectivity index (χ0) is 21.5. The van der Waals surface area contributed by atoms with Crippen molar-refractivity contribution in [1.29, 1.82) is 0 Å². The Hall–Kier alpha value is -3.62. The average Bonchev–Trinajstić information content (AvgIpc) is 3.24. The number of halogens is 1. The van der Waals surface area contributed by atoms with Crippen molar-refractivity contribution in [1.82, 2.24) is 0 Å². The van der Waals surface area contributed by atoms with Crippen molar-refractivity contribution in [3.05, 3.63) is 120 Å². The van der Waals surface area contributed by atoms with E-state index in [0.29, 0.717) is 0 Å². The van der Waals surface area contributed by atoms with Crippen molar-refractivity contribution in [2.45, 2.75) is 0 Å². The Kier molecular flexibility index (Phi) is 4.66. The van der Waals surface area contributed by atoms with Gasteiger partial charge in [0, 0.05) is 15.2 Å². The molecule has 0 unspecified atom stereocenters. The molecule has 0 spiro atoms. The Bertz CT molecular complexity index is 1580. The SMILES string of the molecule is Brc1cccc2oc3ccc(-c4cccc(-c5cccc(-c6ccccc6)c5)c4)cc3c12. The molecule has 0 radical (unpaired) electrons. The summed E-state index contributed by atoms with van der Waals surface area (Å²) in [5.41, 5.74) is 9.05. The Labute approximate surface area is 195 Å². The fourth-order valence-electron chi connectivity index (χ4n) is 4.35. The number of fused-ring (bicyclic) bond motifs is 3. The summed E-state index contributed by atoms with van der Waals surface area (Å²) < 4.78 is 7.10. The lowest BCUT2D eigenvalue weighted by atomic mass is 9.96. The van der Waals surface area contributed by atoms with Crippen LogP contribution < -0.4 is 0 Å². The zero-order valence-electron chi connectivity index (χ0n) is 17.3. The maximum Gasteiger partial charge on any atom is 0.136 e. The van der Waals surface area contributed by atoms with E-state index in [1.165, 1.54) is 33.4 Å². The Morgan fingerprint density at radius 1 is 0.438 bits per heavy atom. The fraction of sp³-hybridized carbons (Fsp3) is 0. The lowest BCUT2D eigenvalue weighted by Crippen LogP contribution is -1.83. The molecule has 1 heterocycles. The first-order chi connectivity index (χ1) is 15.8. The van der Waals surface area contributed by atoms with E-state index in [1.807, 2.05) is 12.1 Å². The molecular formula is C30H19BrO. The van der Waals surface area contributed by atoms with Crippen LogP contribution in [0, 0.1) is 0 Å². The molecule has 6 aromatic rings. The highest BCUT2D eigenvalue weighted by Gasteiger charge is 2.11. The topological polar surface area (TPSA) is 13.1 Å². The van der Waals surface area contributed by atoms with Crippen molar-refractivity contribution in [3.63, 3.8) is 0 Å². The zero-order valence-corrected chi connectivity index (χ0v) is 18.8. The monoisotopic (exact) mass is 474 g/mol. The highest BCUT2D eigenvalue weighted by atomic mass is 79.9. The summed E-state index contributed by atoms with van der Waals surface area (Å²) in [6.07, 6.45) is 0. The van der Waals surface area contributed by atoms with E-state index < -0.39 is 0 Å². The third kappa shape index (κ3) is 3.34. The van der Waals surface area contributed by atoms with Gasteiger partial charge in [0.1, 0.15) is 11.2 Å². The summed E-state index contributed by atoms with van der Waals surface area (Å²) in [7, 11) is 0. The van der Waals surface area contributed by atoms with Gasteiger partial charge in [-0.2, -0.15) is 0 Å². The predicted octanol–water partition coefficient (Wildman–Crippen LogP) is 9.35. The maximum atomic E-state index is 6.04. The van der Waals surface area contributed by atoms with Crippen molar-refractivity contribution < 1.29 is 4.42 Å². The molecule has 0 bridgehead atoms. The lowest BCUT2D eigenvalue weighted by molar-refractivity contribution is 0.669. The van der Waals surface area contributed by atoms with Crippen molar-refractivity contribution in [2.75, 3.05) is 0 Å². The smallest absolute Gasteiger partial charge is 0.136 e. The summed E-state index contributed by atoms with van der Waals surface area (Å²) in [5, 5.41) is 2.25. The Morgan fingerprint density at radius 3 is 1.69 bits per heavy atom. The van der Waals surface area contributed by atoms with Gasteiger partial charge in [-0.05, 0) is 69.8 Å². The Morgan fingerprint density at radius 2 is 1.00 bits per heavy atom. The quantitative estimate of drug-likeness (QED) is 0.249. The molecule has 32 heavy (non-hydrogen) atoms. The van der Waals surface area contributed by atoms with Gasteiger partial charge in [0.05, 0.1) is 0 Å². The number of hydrogen-bond acceptors (Lipinski definition) is 1. The van der Waals surface area contributed by atoms with Crippen LogP contribution in [-0.2, 0) is 0 Å². The minimum Gasteiger partial charge on any atom is -0.456 e. The first-order valence-corrected chi connectivity index (χ1v) is 11.4. The van der Waals surface area contributed by atoms with Crippen LogP contribution in [0.2, 0.25) is 0 Å². The molecule has 0 saturated heterocycles. The second-order valence-electron chi connectivity index (χ2n) is 7.95.